The van der Waals surface area contributed by atoms with Crippen LogP contribution < -0.4 is 5.32 Å². The van der Waals surface area contributed by atoms with E-state index in [0.717, 1.165) is 0 Å². The number of nitrogens with zero attached hydrogens (tertiary/aromatic N) is 1. The number of alkyl carbamates (subject to hydrolysis) is 1. The van der Waals surface area contributed by atoms with Crippen LogP contribution in [0.4, 0.5) is 4.79 Å². The van der Waals surface area contributed by atoms with E-state index in [-0.39, 0.29) is 11.8 Å². The van der Waals surface area contributed by atoms with Gasteiger partial charge in [0, 0.05) is 13.0 Å². The highest BCUT2D eigenvalue weighted by molar-refractivity contribution is 5.86. The van der Waals surface area contributed by atoms with E-state index in [0.29, 0.717) is 13.0 Å². The number of nitrogens with one attached hydrogen (secondary N) is 1. The molecular weight excluding hydrogens is 248 g/mol. The van der Waals surface area contributed by atoms with Gasteiger partial charge < -0.3 is 20.1 Å². The molecule has 0 bridgehead atoms. The maximum Gasteiger partial charge on any atom is 0.408 e. The smallest absolute Gasteiger partial charge is 0.408 e. The van der Waals surface area contributed by atoms with Crippen LogP contribution in [0.3, 0.4) is 0 Å². The Labute approximate surface area is 114 Å². The molecule has 2 amide bonds. The number of hydrogen-bond acceptors (Lipinski definition) is 4. The second-order valence-corrected chi connectivity index (χ2v) is 6.17. The molecule has 110 valence electrons. The van der Waals surface area contributed by atoms with Crippen molar-refractivity contribution in [3.8, 4) is 0 Å². The van der Waals surface area contributed by atoms with E-state index in [2.05, 4.69) is 5.32 Å². The Bertz CT molecular complexity index is 349. The average Bonchev–Trinajstić information content (AvgIpc) is 2.20. The molecule has 0 aromatic carbocycles. The standard InChI is InChI=1S/C13H24N2O4/c1-8(2)10(11(17)15-7-6-9(15)16)14-12(18)19-13(3,4)5/h8-10,16H,6-7H2,1-5H3,(H,14,18)/t9-,10?/m0/s1. The van der Waals surface area contributed by atoms with Gasteiger partial charge in [0.05, 0.1) is 0 Å². The Morgan fingerprint density at radius 1 is 1.37 bits per heavy atom. The highest BCUT2D eigenvalue weighted by Gasteiger charge is 2.37. The van der Waals surface area contributed by atoms with Crippen molar-refractivity contribution in [2.75, 3.05) is 6.54 Å². The van der Waals surface area contributed by atoms with Gasteiger partial charge in [-0.05, 0) is 26.7 Å². The number of hydrogen-bond donors (Lipinski definition) is 2. The summed E-state index contributed by atoms with van der Waals surface area (Å²) in [6.45, 7) is 9.49. The van der Waals surface area contributed by atoms with E-state index >= 15 is 0 Å². The predicted octanol–water partition coefficient (Wildman–Crippen LogP) is 1.09. The molecule has 0 aromatic heterocycles. The van der Waals surface area contributed by atoms with Crippen LogP contribution in [0.2, 0.25) is 0 Å². The first kappa shape index (κ1) is 15.8. The van der Waals surface area contributed by atoms with Crippen molar-refractivity contribution in [1.29, 1.82) is 0 Å². The van der Waals surface area contributed by atoms with Crippen molar-refractivity contribution in [2.45, 2.75) is 58.9 Å². The minimum atomic E-state index is -0.728. The zero-order valence-corrected chi connectivity index (χ0v) is 12.3. The number of likely N-dealkylation sites (tertiary alicyclic amines) is 1. The van der Waals surface area contributed by atoms with Crippen LogP contribution in [0, 0.1) is 5.92 Å². The summed E-state index contributed by atoms with van der Waals surface area (Å²) in [5, 5.41) is 12.1. The molecule has 2 atom stereocenters. The quantitative estimate of drug-likeness (QED) is 0.806. The van der Waals surface area contributed by atoms with Crippen molar-refractivity contribution in [3.05, 3.63) is 0 Å². The van der Waals surface area contributed by atoms with Crippen LogP contribution in [0.15, 0.2) is 0 Å². The Morgan fingerprint density at radius 3 is 2.26 bits per heavy atom. The van der Waals surface area contributed by atoms with E-state index in [1.165, 1.54) is 4.90 Å². The average molecular weight is 272 g/mol. The van der Waals surface area contributed by atoms with E-state index < -0.39 is 24.0 Å². The summed E-state index contributed by atoms with van der Waals surface area (Å²) in [6.07, 6.45) is -0.757. The monoisotopic (exact) mass is 272 g/mol. The van der Waals surface area contributed by atoms with E-state index in [1.807, 2.05) is 13.8 Å². The molecular formula is C13H24N2O4. The van der Waals surface area contributed by atoms with Crippen molar-refractivity contribution in [1.82, 2.24) is 10.2 Å². The fraction of sp³-hybridized carbons (Fsp3) is 0.846. The zero-order chi connectivity index (χ0) is 14.8. The van der Waals surface area contributed by atoms with Gasteiger partial charge in [0.15, 0.2) is 0 Å². The van der Waals surface area contributed by atoms with Gasteiger partial charge in [-0.25, -0.2) is 4.79 Å². The van der Waals surface area contributed by atoms with E-state index in [9.17, 15) is 14.7 Å². The number of carbonyl (C=O) groups excluding carboxylic acids is 2. The number of aliphatic hydroxyl groups is 1. The van der Waals surface area contributed by atoms with E-state index in [1.54, 1.807) is 20.8 Å². The van der Waals surface area contributed by atoms with Gasteiger partial charge in [0.2, 0.25) is 5.91 Å². The fourth-order valence-electron chi connectivity index (χ4n) is 1.76. The molecule has 1 saturated heterocycles. The van der Waals surface area contributed by atoms with E-state index in [4.69, 9.17) is 4.74 Å². The second-order valence-electron chi connectivity index (χ2n) is 6.17. The summed E-state index contributed by atoms with van der Waals surface area (Å²) in [5.41, 5.74) is -0.606. The molecule has 6 nitrogen and oxygen atoms in total. The lowest BCUT2D eigenvalue weighted by molar-refractivity contribution is -0.157. The molecule has 0 aliphatic carbocycles. The van der Waals surface area contributed by atoms with Gasteiger partial charge in [0.1, 0.15) is 17.9 Å². The number of carbonyl (C=O) groups is 2. The maximum absolute atomic E-state index is 12.2. The Hall–Kier alpha value is -1.30. The molecule has 1 fully saturated rings. The third-order valence-corrected chi connectivity index (χ3v) is 2.88. The normalized spacial score (nSPS) is 20.8. The Morgan fingerprint density at radius 2 is 1.95 bits per heavy atom. The van der Waals surface area contributed by atoms with Crippen LogP contribution in [0.5, 0.6) is 0 Å². The van der Waals surface area contributed by atoms with Gasteiger partial charge >= 0.3 is 6.09 Å². The number of rotatable bonds is 3. The van der Waals surface area contributed by atoms with Crippen LogP contribution >= 0.6 is 0 Å². The first-order valence-corrected chi connectivity index (χ1v) is 6.60. The summed E-state index contributed by atoms with van der Waals surface area (Å²) < 4.78 is 5.14. The molecule has 0 spiro atoms. The largest absolute Gasteiger partial charge is 0.444 e. The van der Waals surface area contributed by atoms with Crippen LogP contribution in [0.25, 0.3) is 0 Å². The molecule has 0 saturated carbocycles. The summed E-state index contributed by atoms with van der Waals surface area (Å²) >= 11 is 0. The maximum atomic E-state index is 12.2. The highest BCUT2D eigenvalue weighted by Crippen LogP contribution is 2.18. The topological polar surface area (TPSA) is 78.9 Å². The minimum absolute atomic E-state index is 0.0761. The Balaban J connectivity index is 2.63. The lowest BCUT2D eigenvalue weighted by atomic mass is 10.0. The van der Waals surface area contributed by atoms with Crippen molar-refractivity contribution in [2.24, 2.45) is 5.92 Å². The second kappa shape index (κ2) is 5.77. The third-order valence-electron chi connectivity index (χ3n) is 2.88. The molecule has 1 aliphatic heterocycles. The van der Waals surface area contributed by atoms with Gasteiger partial charge in [-0.3, -0.25) is 4.79 Å². The highest BCUT2D eigenvalue weighted by atomic mass is 16.6. The van der Waals surface area contributed by atoms with Crippen molar-refractivity contribution in [3.63, 3.8) is 0 Å². The minimum Gasteiger partial charge on any atom is -0.444 e. The predicted molar refractivity (Wildman–Crippen MR) is 70.3 cm³/mol. The third kappa shape index (κ3) is 4.38. The number of aliphatic hydroxyl groups excluding tert-OH is 1. The SMILES string of the molecule is CC(C)C(NC(=O)OC(C)(C)C)C(=O)N1CC[C@@H]1O. The van der Waals surface area contributed by atoms with Crippen molar-refractivity contribution >= 4 is 12.0 Å². The molecule has 6 heteroatoms. The number of amides is 2. The van der Waals surface area contributed by atoms with Crippen LogP contribution in [0.1, 0.15) is 41.0 Å². The van der Waals surface area contributed by atoms with Crippen LogP contribution in [-0.2, 0) is 9.53 Å². The van der Waals surface area contributed by atoms with Gasteiger partial charge in [-0.1, -0.05) is 13.8 Å². The summed E-state index contributed by atoms with van der Waals surface area (Å²) in [5.74, 6) is -0.340. The lowest BCUT2D eigenvalue weighted by Gasteiger charge is -2.40. The molecule has 1 rings (SSSR count). The number of ether oxygens (including phenoxy) is 1. The molecule has 19 heavy (non-hydrogen) atoms. The molecule has 1 unspecified atom stereocenters. The molecule has 2 N–H and O–H groups in total. The summed E-state index contributed by atoms with van der Waals surface area (Å²) in [4.78, 5) is 25.3. The molecule has 0 aromatic rings. The zero-order valence-electron chi connectivity index (χ0n) is 12.3. The molecule has 0 radical (unpaired) electrons. The summed E-state index contributed by atoms with van der Waals surface area (Å²) in [6, 6.07) is -0.676. The van der Waals surface area contributed by atoms with Crippen molar-refractivity contribution < 1.29 is 19.4 Å². The molecule has 1 heterocycles. The lowest BCUT2D eigenvalue weighted by Crippen LogP contribution is -2.59. The van der Waals surface area contributed by atoms with Crippen LogP contribution in [-0.4, -0.2) is 46.4 Å². The Kier molecular flexibility index (Phi) is 4.79. The first-order chi connectivity index (χ1) is 8.61. The van der Waals surface area contributed by atoms with Gasteiger partial charge in [0.25, 0.3) is 0 Å². The first-order valence-electron chi connectivity index (χ1n) is 6.60. The summed E-state index contributed by atoms with van der Waals surface area (Å²) in [7, 11) is 0. The molecule has 1 aliphatic rings. The fourth-order valence-corrected chi connectivity index (χ4v) is 1.76. The van der Waals surface area contributed by atoms with Gasteiger partial charge in [-0.15, -0.1) is 0 Å². The van der Waals surface area contributed by atoms with Gasteiger partial charge in [-0.2, -0.15) is 0 Å².